The maximum atomic E-state index is 9.50. The first-order valence-electron chi connectivity index (χ1n) is 5.45. The van der Waals surface area contributed by atoms with Crippen molar-refractivity contribution in [1.82, 2.24) is 10.6 Å². The van der Waals surface area contributed by atoms with Gasteiger partial charge in [0.2, 0.25) is 0 Å². The average molecular weight is 186 g/mol. The number of aliphatic hydroxyl groups excluding tert-OH is 1. The van der Waals surface area contributed by atoms with Gasteiger partial charge >= 0.3 is 0 Å². The Labute approximate surface area is 80.9 Å². The van der Waals surface area contributed by atoms with Gasteiger partial charge < -0.3 is 15.7 Å². The predicted octanol–water partition coefficient (Wildman–Crippen LogP) is 0.489. The van der Waals surface area contributed by atoms with Gasteiger partial charge in [0.25, 0.3) is 0 Å². The lowest BCUT2D eigenvalue weighted by molar-refractivity contribution is 0.153. The minimum atomic E-state index is -0.153. The van der Waals surface area contributed by atoms with Gasteiger partial charge in [0.15, 0.2) is 0 Å². The normalized spacial score (nSPS) is 21.7. The lowest BCUT2D eigenvalue weighted by Gasteiger charge is -2.24. The second-order valence-corrected chi connectivity index (χ2v) is 3.88. The molecule has 0 radical (unpaired) electrons. The molecule has 0 aromatic heterocycles. The molecule has 13 heavy (non-hydrogen) atoms. The van der Waals surface area contributed by atoms with Crippen molar-refractivity contribution >= 4 is 0 Å². The molecule has 3 N–H and O–H groups in total. The Balaban J connectivity index is 2.03. The van der Waals surface area contributed by atoms with Gasteiger partial charge in [-0.25, -0.2) is 0 Å². The van der Waals surface area contributed by atoms with Crippen molar-refractivity contribution in [2.75, 3.05) is 19.6 Å². The van der Waals surface area contributed by atoms with Gasteiger partial charge in [-0.1, -0.05) is 13.3 Å². The molecule has 1 rings (SSSR count). The van der Waals surface area contributed by atoms with Crippen LogP contribution in [0, 0.1) is 0 Å². The zero-order valence-electron chi connectivity index (χ0n) is 8.55. The molecule has 0 aliphatic carbocycles. The van der Waals surface area contributed by atoms with Gasteiger partial charge in [-0.05, 0) is 32.4 Å². The highest BCUT2D eigenvalue weighted by molar-refractivity contribution is 4.75. The van der Waals surface area contributed by atoms with Crippen LogP contribution in [-0.2, 0) is 0 Å². The topological polar surface area (TPSA) is 44.3 Å². The first kappa shape index (κ1) is 11.0. The minimum Gasteiger partial charge on any atom is -0.392 e. The summed E-state index contributed by atoms with van der Waals surface area (Å²) in [6.45, 7) is 5.09. The summed E-state index contributed by atoms with van der Waals surface area (Å²) in [5.41, 5.74) is 0. The fraction of sp³-hybridized carbons (Fsp3) is 1.00. The first-order valence-corrected chi connectivity index (χ1v) is 5.45. The van der Waals surface area contributed by atoms with E-state index in [2.05, 4.69) is 17.6 Å². The molecule has 0 amide bonds. The Kier molecular flexibility index (Phi) is 5.35. The SMILES string of the molecule is CCCC(O)CNC1CCNCC1. The van der Waals surface area contributed by atoms with E-state index in [9.17, 15) is 5.11 Å². The van der Waals surface area contributed by atoms with Gasteiger partial charge in [0.05, 0.1) is 6.10 Å². The number of aliphatic hydroxyl groups is 1. The van der Waals surface area contributed by atoms with E-state index in [4.69, 9.17) is 0 Å². The fourth-order valence-electron chi connectivity index (χ4n) is 1.76. The molecule has 1 saturated heterocycles. The summed E-state index contributed by atoms with van der Waals surface area (Å²) in [4.78, 5) is 0. The van der Waals surface area contributed by atoms with Crippen molar-refractivity contribution in [2.45, 2.75) is 44.8 Å². The van der Waals surface area contributed by atoms with Crippen LogP contribution in [-0.4, -0.2) is 36.9 Å². The second-order valence-electron chi connectivity index (χ2n) is 3.88. The summed E-state index contributed by atoms with van der Waals surface area (Å²) >= 11 is 0. The Hall–Kier alpha value is -0.120. The summed E-state index contributed by atoms with van der Waals surface area (Å²) < 4.78 is 0. The molecule has 1 atom stereocenters. The van der Waals surface area contributed by atoms with Crippen LogP contribution in [0.4, 0.5) is 0 Å². The lowest BCUT2D eigenvalue weighted by atomic mass is 10.1. The van der Waals surface area contributed by atoms with E-state index < -0.39 is 0 Å². The van der Waals surface area contributed by atoms with E-state index in [0.29, 0.717) is 6.04 Å². The highest BCUT2D eigenvalue weighted by Gasteiger charge is 2.13. The van der Waals surface area contributed by atoms with Crippen molar-refractivity contribution in [1.29, 1.82) is 0 Å². The highest BCUT2D eigenvalue weighted by Crippen LogP contribution is 2.02. The third-order valence-corrected chi connectivity index (χ3v) is 2.60. The quantitative estimate of drug-likeness (QED) is 0.585. The molecule has 0 aromatic rings. The summed E-state index contributed by atoms with van der Waals surface area (Å²) in [6, 6.07) is 0.618. The van der Waals surface area contributed by atoms with Crippen LogP contribution >= 0.6 is 0 Å². The van der Waals surface area contributed by atoms with Crippen LogP contribution in [0.25, 0.3) is 0 Å². The zero-order valence-corrected chi connectivity index (χ0v) is 8.55. The van der Waals surface area contributed by atoms with Crippen LogP contribution in [0.3, 0.4) is 0 Å². The summed E-state index contributed by atoms with van der Waals surface area (Å²) in [5.74, 6) is 0. The number of hydrogen-bond acceptors (Lipinski definition) is 3. The van der Waals surface area contributed by atoms with Crippen LogP contribution in [0.5, 0.6) is 0 Å². The largest absolute Gasteiger partial charge is 0.392 e. The molecular formula is C10H22N2O. The van der Waals surface area contributed by atoms with Crippen molar-refractivity contribution in [3.8, 4) is 0 Å². The molecule has 1 aliphatic rings. The third-order valence-electron chi connectivity index (χ3n) is 2.60. The molecule has 1 fully saturated rings. The molecule has 1 heterocycles. The molecule has 78 valence electrons. The average Bonchev–Trinajstić information content (AvgIpc) is 2.17. The number of piperidine rings is 1. The maximum absolute atomic E-state index is 9.50. The van der Waals surface area contributed by atoms with E-state index in [-0.39, 0.29) is 6.10 Å². The first-order chi connectivity index (χ1) is 6.33. The molecule has 3 heteroatoms. The van der Waals surface area contributed by atoms with Crippen molar-refractivity contribution < 1.29 is 5.11 Å². The molecule has 1 aliphatic heterocycles. The Morgan fingerprint density at radius 2 is 2.15 bits per heavy atom. The smallest absolute Gasteiger partial charge is 0.0664 e. The van der Waals surface area contributed by atoms with Gasteiger partial charge in [0.1, 0.15) is 0 Å². The van der Waals surface area contributed by atoms with Crippen LogP contribution < -0.4 is 10.6 Å². The van der Waals surface area contributed by atoms with Gasteiger partial charge in [-0.3, -0.25) is 0 Å². The molecule has 3 nitrogen and oxygen atoms in total. The fourth-order valence-corrected chi connectivity index (χ4v) is 1.76. The van der Waals surface area contributed by atoms with Crippen LogP contribution in [0.2, 0.25) is 0 Å². The van der Waals surface area contributed by atoms with Gasteiger partial charge in [-0.2, -0.15) is 0 Å². The lowest BCUT2D eigenvalue weighted by Crippen LogP contribution is -2.42. The molecule has 0 aromatic carbocycles. The van der Waals surface area contributed by atoms with E-state index in [1.807, 2.05) is 0 Å². The molecule has 0 bridgehead atoms. The van der Waals surface area contributed by atoms with Gasteiger partial charge in [0, 0.05) is 12.6 Å². The highest BCUT2D eigenvalue weighted by atomic mass is 16.3. The van der Waals surface area contributed by atoms with E-state index in [1.165, 1.54) is 12.8 Å². The molecule has 0 spiro atoms. The van der Waals surface area contributed by atoms with Crippen LogP contribution in [0.1, 0.15) is 32.6 Å². The second kappa shape index (κ2) is 6.35. The maximum Gasteiger partial charge on any atom is 0.0664 e. The molecular weight excluding hydrogens is 164 g/mol. The zero-order chi connectivity index (χ0) is 9.52. The Bertz CT molecular complexity index is 124. The Morgan fingerprint density at radius 3 is 2.77 bits per heavy atom. The van der Waals surface area contributed by atoms with Crippen molar-refractivity contribution in [3.05, 3.63) is 0 Å². The van der Waals surface area contributed by atoms with E-state index in [0.717, 1.165) is 32.5 Å². The standard InChI is InChI=1S/C10H22N2O/c1-2-3-10(13)8-12-9-4-6-11-7-5-9/h9-13H,2-8H2,1H3. The Morgan fingerprint density at radius 1 is 1.46 bits per heavy atom. The van der Waals surface area contributed by atoms with E-state index >= 15 is 0 Å². The summed E-state index contributed by atoms with van der Waals surface area (Å²) in [5, 5.41) is 16.2. The molecule has 0 saturated carbocycles. The number of rotatable bonds is 5. The molecule has 1 unspecified atom stereocenters. The number of nitrogens with one attached hydrogen (secondary N) is 2. The van der Waals surface area contributed by atoms with Crippen molar-refractivity contribution in [2.24, 2.45) is 0 Å². The van der Waals surface area contributed by atoms with Crippen LogP contribution in [0.15, 0.2) is 0 Å². The minimum absolute atomic E-state index is 0.153. The summed E-state index contributed by atoms with van der Waals surface area (Å²) in [6.07, 6.45) is 4.21. The van der Waals surface area contributed by atoms with E-state index in [1.54, 1.807) is 0 Å². The predicted molar refractivity (Wildman–Crippen MR) is 54.8 cm³/mol. The van der Waals surface area contributed by atoms with Crippen molar-refractivity contribution in [3.63, 3.8) is 0 Å². The summed E-state index contributed by atoms with van der Waals surface area (Å²) in [7, 11) is 0. The van der Waals surface area contributed by atoms with Gasteiger partial charge in [-0.15, -0.1) is 0 Å². The third kappa shape index (κ3) is 4.60. The monoisotopic (exact) mass is 186 g/mol. The number of hydrogen-bond donors (Lipinski definition) is 3.